The van der Waals surface area contributed by atoms with Crippen molar-refractivity contribution in [2.45, 2.75) is 38.3 Å². The Morgan fingerprint density at radius 2 is 1.94 bits per heavy atom. The number of ether oxygens (including phenoxy) is 2. The summed E-state index contributed by atoms with van der Waals surface area (Å²) in [5.74, 6) is 3.63. The van der Waals surface area contributed by atoms with Crippen LogP contribution >= 0.6 is 11.8 Å². The third kappa shape index (κ3) is 5.33. The molecule has 0 aliphatic carbocycles. The van der Waals surface area contributed by atoms with Gasteiger partial charge in [-0.2, -0.15) is 11.8 Å². The van der Waals surface area contributed by atoms with Gasteiger partial charge in [0.25, 0.3) is 5.91 Å². The Labute approximate surface area is 188 Å². The Morgan fingerprint density at radius 3 is 2.61 bits per heavy atom. The summed E-state index contributed by atoms with van der Waals surface area (Å²) in [5, 5.41) is 3.24. The second-order valence-electron chi connectivity index (χ2n) is 8.67. The minimum atomic E-state index is -0.209. The lowest BCUT2D eigenvalue weighted by atomic mass is 9.93. The first-order valence-corrected chi connectivity index (χ1v) is 12.0. The van der Waals surface area contributed by atoms with Crippen molar-refractivity contribution in [3.05, 3.63) is 42.0 Å². The van der Waals surface area contributed by atoms with Gasteiger partial charge in [-0.05, 0) is 63.1 Å². The fourth-order valence-corrected chi connectivity index (χ4v) is 5.09. The normalized spacial score (nSPS) is 20.9. The molecular weight excluding hydrogens is 410 g/mol. The number of hydrogen-bond donors (Lipinski definition) is 1. The molecule has 2 fully saturated rings. The summed E-state index contributed by atoms with van der Waals surface area (Å²) in [7, 11) is 1.66. The van der Waals surface area contributed by atoms with Crippen LogP contribution in [-0.4, -0.2) is 60.8 Å². The molecule has 2 aliphatic heterocycles. The molecule has 2 aliphatic rings. The number of nitrogens with one attached hydrogen (secondary N) is 1. The van der Waals surface area contributed by atoms with Crippen LogP contribution in [0.1, 0.15) is 37.0 Å². The van der Waals surface area contributed by atoms with Gasteiger partial charge in [-0.25, -0.2) is 4.98 Å². The van der Waals surface area contributed by atoms with Gasteiger partial charge < -0.3 is 19.7 Å². The summed E-state index contributed by atoms with van der Waals surface area (Å²) in [6.45, 7) is 6.62. The smallest absolute Gasteiger partial charge is 0.255 e. The maximum atomic E-state index is 13.3. The lowest BCUT2D eigenvalue weighted by Crippen LogP contribution is -2.46. The minimum absolute atomic E-state index is 0.0512. The first-order valence-electron chi connectivity index (χ1n) is 10.9. The lowest BCUT2D eigenvalue weighted by molar-refractivity contribution is -0.0615. The van der Waals surface area contributed by atoms with Crippen molar-refractivity contribution in [2.75, 3.05) is 43.2 Å². The van der Waals surface area contributed by atoms with Crippen molar-refractivity contribution in [1.82, 2.24) is 10.3 Å². The molecule has 0 spiro atoms. The van der Waals surface area contributed by atoms with E-state index < -0.39 is 0 Å². The first-order chi connectivity index (χ1) is 14.9. The third-order valence-electron chi connectivity index (χ3n) is 5.85. The number of amides is 1. The van der Waals surface area contributed by atoms with Gasteiger partial charge in [0.1, 0.15) is 11.6 Å². The number of carbonyl (C=O) groups excluding carboxylic acids is 1. The summed E-state index contributed by atoms with van der Waals surface area (Å²) >= 11 is 1.94. The number of thioether (sulfide) groups is 1. The van der Waals surface area contributed by atoms with Crippen molar-refractivity contribution in [1.29, 1.82) is 0 Å². The van der Waals surface area contributed by atoms with Crippen LogP contribution in [-0.2, 0) is 4.74 Å². The highest BCUT2D eigenvalue weighted by Crippen LogP contribution is 2.29. The van der Waals surface area contributed by atoms with Crippen LogP contribution < -0.4 is 15.0 Å². The van der Waals surface area contributed by atoms with E-state index in [1.807, 2.05) is 48.2 Å². The van der Waals surface area contributed by atoms with Gasteiger partial charge in [0.05, 0.1) is 24.0 Å². The number of aromatic nitrogens is 1. The van der Waals surface area contributed by atoms with Gasteiger partial charge in [0.15, 0.2) is 0 Å². The third-order valence-corrected chi connectivity index (χ3v) is 6.79. The van der Waals surface area contributed by atoms with Crippen molar-refractivity contribution in [3.8, 4) is 17.0 Å². The summed E-state index contributed by atoms with van der Waals surface area (Å²) in [6.07, 6.45) is 1.65. The Morgan fingerprint density at radius 1 is 1.19 bits per heavy atom. The second kappa shape index (κ2) is 9.49. The number of rotatable bonds is 5. The molecule has 1 aromatic carbocycles. The molecule has 1 atom stereocenters. The van der Waals surface area contributed by atoms with E-state index >= 15 is 0 Å². The topological polar surface area (TPSA) is 63.7 Å². The first kappa shape index (κ1) is 22.0. The number of benzene rings is 1. The van der Waals surface area contributed by atoms with Gasteiger partial charge >= 0.3 is 0 Å². The maximum absolute atomic E-state index is 13.3. The largest absolute Gasteiger partial charge is 0.497 e. The number of nitrogens with zero attached hydrogens (tertiary/aromatic N) is 2. The molecule has 31 heavy (non-hydrogen) atoms. The fourth-order valence-electron chi connectivity index (χ4n) is 4.18. The van der Waals surface area contributed by atoms with Crippen molar-refractivity contribution in [3.63, 3.8) is 0 Å². The van der Waals surface area contributed by atoms with Crippen LogP contribution in [0.3, 0.4) is 0 Å². The van der Waals surface area contributed by atoms with Crippen molar-refractivity contribution >= 4 is 23.5 Å². The number of pyridine rings is 1. The number of hydrogen-bond acceptors (Lipinski definition) is 6. The molecule has 4 rings (SSSR count). The zero-order valence-corrected chi connectivity index (χ0v) is 19.3. The van der Waals surface area contributed by atoms with Crippen LogP contribution in [0.5, 0.6) is 5.75 Å². The molecule has 1 amide bonds. The molecule has 7 heteroatoms. The Kier molecular flexibility index (Phi) is 6.72. The average Bonchev–Trinajstić information content (AvgIpc) is 2.78. The molecule has 1 aromatic heterocycles. The van der Waals surface area contributed by atoms with E-state index in [4.69, 9.17) is 14.5 Å². The van der Waals surface area contributed by atoms with Gasteiger partial charge in [-0.1, -0.05) is 0 Å². The lowest BCUT2D eigenvalue weighted by Gasteiger charge is -2.36. The molecular formula is C24H31N3O3S. The van der Waals surface area contributed by atoms with Crippen LogP contribution in [0.25, 0.3) is 11.3 Å². The number of anilines is 1. The van der Waals surface area contributed by atoms with Gasteiger partial charge in [0, 0.05) is 42.8 Å². The highest BCUT2D eigenvalue weighted by molar-refractivity contribution is 7.99. The standard InChI is InChI=1S/C24H31N3O3S/c1-24(2)16-18(10-13-30-24)25-23(28)20-8-9-21(17-4-6-19(29-3)7-5-17)26-22(20)27-11-14-31-15-12-27/h4-9,18H,10-16H2,1-3H3,(H,25,28)/t18-/m0/s1. The van der Waals surface area contributed by atoms with E-state index in [1.165, 1.54) is 0 Å². The van der Waals surface area contributed by atoms with Crippen LogP contribution in [0.15, 0.2) is 36.4 Å². The summed E-state index contributed by atoms with van der Waals surface area (Å²) in [5.41, 5.74) is 2.30. The van der Waals surface area contributed by atoms with E-state index in [9.17, 15) is 4.79 Å². The summed E-state index contributed by atoms with van der Waals surface area (Å²) in [6, 6.07) is 11.8. The molecule has 0 radical (unpaired) electrons. The molecule has 2 aromatic rings. The summed E-state index contributed by atoms with van der Waals surface area (Å²) < 4.78 is 11.1. The van der Waals surface area contributed by atoms with Gasteiger partial charge in [0.2, 0.25) is 0 Å². The molecule has 0 unspecified atom stereocenters. The molecule has 3 heterocycles. The predicted octanol–water partition coefficient (Wildman–Crippen LogP) is 4.00. The second-order valence-corrected chi connectivity index (χ2v) is 9.89. The molecule has 6 nitrogen and oxygen atoms in total. The maximum Gasteiger partial charge on any atom is 0.255 e. The zero-order chi connectivity index (χ0) is 21.8. The highest BCUT2D eigenvalue weighted by Gasteiger charge is 2.31. The van der Waals surface area contributed by atoms with Crippen molar-refractivity contribution < 1.29 is 14.3 Å². The molecule has 0 bridgehead atoms. The molecule has 166 valence electrons. The predicted molar refractivity (Wildman–Crippen MR) is 126 cm³/mol. The van der Waals surface area contributed by atoms with Crippen LogP contribution in [0.2, 0.25) is 0 Å². The quantitative estimate of drug-likeness (QED) is 0.757. The van der Waals surface area contributed by atoms with E-state index in [2.05, 4.69) is 24.1 Å². The van der Waals surface area contributed by atoms with E-state index in [0.29, 0.717) is 12.2 Å². The van der Waals surface area contributed by atoms with Crippen LogP contribution in [0, 0.1) is 0 Å². The number of methoxy groups -OCH3 is 1. The Hall–Kier alpha value is -2.25. The average molecular weight is 442 g/mol. The van der Waals surface area contributed by atoms with E-state index in [-0.39, 0.29) is 17.6 Å². The van der Waals surface area contributed by atoms with E-state index in [0.717, 1.165) is 60.3 Å². The molecule has 2 saturated heterocycles. The molecule has 1 N–H and O–H groups in total. The Balaban J connectivity index is 1.61. The van der Waals surface area contributed by atoms with Crippen molar-refractivity contribution in [2.24, 2.45) is 0 Å². The van der Waals surface area contributed by atoms with Gasteiger partial charge in [-0.3, -0.25) is 4.79 Å². The Bertz CT molecular complexity index is 911. The monoisotopic (exact) mass is 441 g/mol. The number of carbonyl (C=O) groups is 1. The fraction of sp³-hybridized carbons (Fsp3) is 0.500. The summed E-state index contributed by atoms with van der Waals surface area (Å²) in [4.78, 5) is 20.5. The zero-order valence-electron chi connectivity index (χ0n) is 18.5. The van der Waals surface area contributed by atoms with E-state index in [1.54, 1.807) is 7.11 Å². The molecule has 0 saturated carbocycles. The van der Waals surface area contributed by atoms with Gasteiger partial charge in [-0.15, -0.1) is 0 Å². The van der Waals surface area contributed by atoms with Crippen LogP contribution in [0.4, 0.5) is 5.82 Å². The minimum Gasteiger partial charge on any atom is -0.497 e. The highest BCUT2D eigenvalue weighted by atomic mass is 32.2. The SMILES string of the molecule is COc1ccc(-c2ccc(C(=O)N[C@H]3CCOC(C)(C)C3)c(N3CCSCC3)n2)cc1.